The van der Waals surface area contributed by atoms with Gasteiger partial charge in [0.15, 0.2) is 0 Å². The van der Waals surface area contributed by atoms with Gasteiger partial charge in [0.25, 0.3) is 0 Å². The number of rotatable bonds is 3. The van der Waals surface area contributed by atoms with E-state index in [1.54, 1.807) is 0 Å². The fourth-order valence-electron chi connectivity index (χ4n) is 0.581. The van der Waals surface area contributed by atoms with Gasteiger partial charge < -0.3 is 0 Å². The number of halogens is 2. The van der Waals surface area contributed by atoms with Gasteiger partial charge in [-0.3, -0.25) is 0 Å². The van der Waals surface area contributed by atoms with Gasteiger partial charge in [-0.05, 0) is 12.3 Å². The molecule has 0 fully saturated rings. The smallest absolute Gasteiger partial charge is 0.105 e. The molecule has 2 heteroatoms. The average Bonchev–Trinajstić information content (AvgIpc) is 1.67. The van der Waals surface area contributed by atoms with E-state index in [0.29, 0.717) is 5.92 Å². The minimum Gasteiger partial charge on any atom is -0.105 e. The molecule has 0 aromatic carbocycles. The van der Waals surface area contributed by atoms with Crippen LogP contribution in [-0.2, 0) is 0 Å². The minimum absolute atomic E-state index is 0.185. The monoisotopic (exact) mass is 154 g/mol. The largest absolute Gasteiger partial charge is 0.110 e. The summed E-state index contributed by atoms with van der Waals surface area (Å²) in [5, 5.41) is 0. The quantitative estimate of drug-likeness (QED) is 0.549. The van der Waals surface area contributed by atoms with Crippen LogP contribution in [0.3, 0.4) is 0 Å². The van der Waals surface area contributed by atoms with Gasteiger partial charge in [-0.2, -0.15) is 0 Å². The Morgan fingerprint density at radius 3 is 2.00 bits per heavy atom. The number of alkyl halides is 2. The lowest BCUT2D eigenvalue weighted by Crippen LogP contribution is -2.02. The van der Waals surface area contributed by atoms with Crippen LogP contribution < -0.4 is 0 Å². The van der Waals surface area contributed by atoms with E-state index in [0.717, 1.165) is 12.8 Å². The Labute approximate surface area is 61.2 Å². The highest BCUT2D eigenvalue weighted by molar-refractivity contribution is 6.44. The van der Waals surface area contributed by atoms with Crippen LogP contribution >= 0.6 is 23.2 Å². The van der Waals surface area contributed by atoms with E-state index in [1.807, 2.05) is 0 Å². The zero-order valence-electron chi connectivity index (χ0n) is 5.32. The van der Waals surface area contributed by atoms with Crippen LogP contribution in [0.1, 0.15) is 26.7 Å². The Hall–Kier alpha value is 0.580. The highest BCUT2D eigenvalue weighted by atomic mass is 35.5. The molecule has 1 atom stereocenters. The Balaban J connectivity index is 3.17. The molecular weight excluding hydrogens is 143 g/mol. The van der Waals surface area contributed by atoms with Gasteiger partial charge in [-0.15, -0.1) is 23.2 Å². The maximum absolute atomic E-state index is 5.57. The molecule has 50 valence electrons. The number of hydrogen-bond acceptors (Lipinski definition) is 0. The molecule has 0 spiro atoms. The van der Waals surface area contributed by atoms with Crippen molar-refractivity contribution < 1.29 is 0 Å². The zero-order valence-corrected chi connectivity index (χ0v) is 6.84. The third-order valence-corrected chi connectivity index (χ3v) is 2.03. The fourth-order valence-corrected chi connectivity index (χ4v) is 0.833. The molecule has 0 bridgehead atoms. The second-order valence-corrected chi connectivity index (χ2v) is 3.26. The molecule has 0 aromatic rings. The molecular formula is C6H12Cl2. The van der Waals surface area contributed by atoms with E-state index in [9.17, 15) is 0 Å². The molecule has 0 rings (SSSR count). The van der Waals surface area contributed by atoms with Crippen molar-refractivity contribution in [2.75, 3.05) is 0 Å². The second-order valence-electron chi connectivity index (χ2n) is 2.10. The zero-order chi connectivity index (χ0) is 6.57. The minimum atomic E-state index is -0.185. The lowest BCUT2D eigenvalue weighted by Gasteiger charge is -2.08. The molecule has 0 heterocycles. The van der Waals surface area contributed by atoms with Gasteiger partial charge in [0, 0.05) is 0 Å². The number of hydrogen-bond donors (Lipinski definition) is 0. The van der Waals surface area contributed by atoms with Crippen molar-refractivity contribution in [3.63, 3.8) is 0 Å². The first kappa shape index (κ1) is 8.58. The van der Waals surface area contributed by atoms with Crippen LogP contribution in [0.5, 0.6) is 0 Å². The van der Waals surface area contributed by atoms with Crippen molar-refractivity contribution in [3.8, 4) is 0 Å². The van der Waals surface area contributed by atoms with Crippen LogP contribution in [-0.4, -0.2) is 4.84 Å². The summed E-state index contributed by atoms with van der Waals surface area (Å²) in [6.07, 6.45) is 2.29. The molecule has 1 unspecified atom stereocenters. The molecule has 0 amide bonds. The normalized spacial score (nSPS) is 14.6. The van der Waals surface area contributed by atoms with Crippen molar-refractivity contribution >= 4 is 23.2 Å². The third-order valence-electron chi connectivity index (χ3n) is 1.17. The summed E-state index contributed by atoms with van der Waals surface area (Å²) in [4.78, 5) is -0.185. The lowest BCUT2D eigenvalue weighted by molar-refractivity contribution is 0.560. The van der Waals surface area contributed by atoms with Crippen molar-refractivity contribution in [1.82, 2.24) is 0 Å². The highest BCUT2D eigenvalue weighted by Crippen LogP contribution is 2.18. The van der Waals surface area contributed by atoms with E-state index in [-0.39, 0.29) is 4.84 Å². The molecule has 0 aromatic heterocycles. The molecule has 0 radical (unpaired) electrons. The summed E-state index contributed by atoms with van der Waals surface area (Å²) >= 11 is 11.1. The molecule has 0 nitrogen and oxygen atoms in total. The van der Waals surface area contributed by atoms with E-state index in [2.05, 4.69) is 13.8 Å². The molecule has 0 saturated heterocycles. The van der Waals surface area contributed by atoms with Crippen molar-refractivity contribution in [2.24, 2.45) is 5.92 Å². The first-order valence-electron chi connectivity index (χ1n) is 2.96. The van der Waals surface area contributed by atoms with Gasteiger partial charge in [0.05, 0.1) is 0 Å². The third kappa shape index (κ3) is 3.57. The van der Waals surface area contributed by atoms with Crippen molar-refractivity contribution in [2.45, 2.75) is 31.5 Å². The van der Waals surface area contributed by atoms with Crippen LogP contribution in [0.4, 0.5) is 0 Å². The second kappa shape index (κ2) is 4.46. The topological polar surface area (TPSA) is 0 Å². The summed E-state index contributed by atoms with van der Waals surface area (Å²) in [5.74, 6) is 0.448. The van der Waals surface area contributed by atoms with E-state index in [4.69, 9.17) is 23.2 Å². The SMILES string of the molecule is CCCC(C)C(Cl)Cl. The first-order chi connectivity index (χ1) is 3.68. The Bertz CT molecular complexity index is 52.5. The molecule has 0 saturated carbocycles. The summed E-state index contributed by atoms with van der Waals surface area (Å²) in [6.45, 7) is 4.20. The van der Waals surface area contributed by atoms with E-state index < -0.39 is 0 Å². The maximum Gasteiger partial charge on any atom is 0.110 e. The summed E-state index contributed by atoms with van der Waals surface area (Å²) in [6, 6.07) is 0. The molecule has 0 aliphatic rings. The summed E-state index contributed by atoms with van der Waals surface area (Å²) in [7, 11) is 0. The Kier molecular flexibility index (Phi) is 4.78. The van der Waals surface area contributed by atoms with Crippen LogP contribution in [0, 0.1) is 5.92 Å². The van der Waals surface area contributed by atoms with Crippen LogP contribution in [0.15, 0.2) is 0 Å². The predicted octanol–water partition coefficient (Wildman–Crippen LogP) is 3.23. The van der Waals surface area contributed by atoms with E-state index in [1.165, 1.54) is 0 Å². The first-order valence-corrected chi connectivity index (χ1v) is 3.84. The summed E-state index contributed by atoms with van der Waals surface area (Å²) < 4.78 is 0. The lowest BCUT2D eigenvalue weighted by atomic mass is 10.1. The van der Waals surface area contributed by atoms with Gasteiger partial charge in [-0.1, -0.05) is 20.3 Å². The molecule has 0 aliphatic carbocycles. The summed E-state index contributed by atoms with van der Waals surface area (Å²) in [5.41, 5.74) is 0. The van der Waals surface area contributed by atoms with Crippen LogP contribution in [0.25, 0.3) is 0 Å². The van der Waals surface area contributed by atoms with Gasteiger partial charge in [-0.25, -0.2) is 0 Å². The Morgan fingerprint density at radius 1 is 1.38 bits per heavy atom. The van der Waals surface area contributed by atoms with Gasteiger partial charge in [0.2, 0.25) is 0 Å². The van der Waals surface area contributed by atoms with Gasteiger partial charge >= 0.3 is 0 Å². The van der Waals surface area contributed by atoms with Crippen molar-refractivity contribution in [1.29, 1.82) is 0 Å². The molecule has 0 aliphatic heterocycles. The highest BCUT2D eigenvalue weighted by Gasteiger charge is 2.08. The predicted molar refractivity (Wildman–Crippen MR) is 39.6 cm³/mol. The van der Waals surface area contributed by atoms with Crippen LogP contribution in [0.2, 0.25) is 0 Å². The van der Waals surface area contributed by atoms with Crippen molar-refractivity contribution in [3.05, 3.63) is 0 Å². The Morgan fingerprint density at radius 2 is 1.88 bits per heavy atom. The average molecular weight is 155 g/mol. The molecule has 8 heavy (non-hydrogen) atoms. The fraction of sp³-hybridized carbons (Fsp3) is 1.00. The molecule has 0 N–H and O–H groups in total. The van der Waals surface area contributed by atoms with E-state index >= 15 is 0 Å². The standard InChI is InChI=1S/C6H12Cl2/c1-3-4-5(2)6(7)8/h5-6H,3-4H2,1-2H3. The van der Waals surface area contributed by atoms with Gasteiger partial charge in [0.1, 0.15) is 4.84 Å². The maximum atomic E-state index is 5.57.